The number of aryl methyl sites for hydroxylation is 8. The molecule has 0 amide bonds. The molecule has 0 atom stereocenters. The lowest BCUT2D eigenvalue weighted by atomic mass is 9.79. The van der Waals surface area contributed by atoms with Crippen molar-refractivity contribution in [3.63, 3.8) is 0 Å². The van der Waals surface area contributed by atoms with Gasteiger partial charge in [-0.05, 0) is 216 Å². The van der Waals surface area contributed by atoms with Crippen molar-refractivity contribution >= 4 is 67.8 Å². The van der Waals surface area contributed by atoms with Gasteiger partial charge in [-0.25, -0.2) is 0 Å². The van der Waals surface area contributed by atoms with Crippen LogP contribution in [0.15, 0.2) is 164 Å². The van der Waals surface area contributed by atoms with Gasteiger partial charge in [-0.15, -0.1) is 0 Å². The maximum atomic E-state index is 11.4. The first-order valence-corrected chi connectivity index (χ1v) is 33.3. The van der Waals surface area contributed by atoms with E-state index in [2.05, 4.69) is 290 Å². The van der Waals surface area contributed by atoms with Gasteiger partial charge in [0.15, 0.2) is 0 Å². The monoisotopic (exact) mass is 1110 g/mol. The second-order valence-corrected chi connectivity index (χ2v) is 32.1. The van der Waals surface area contributed by atoms with Gasteiger partial charge in [0.1, 0.15) is 0 Å². The van der Waals surface area contributed by atoms with Gasteiger partial charge < -0.3 is 11.1 Å². The molecule has 0 bridgehead atoms. The molecule has 0 saturated heterocycles. The fraction of sp³-hybridized carbons (Fsp3) is 0.241. The number of benzene rings is 11. The number of fused-ring (bicyclic) bond motifs is 4. The Morgan fingerprint density at radius 2 is 0.560 bits per heavy atom. The minimum absolute atomic E-state index is 0.0223. The third-order valence-corrected chi connectivity index (χ3v) is 19.9. The zero-order valence-corrected chi connectivity index (χ0v) is 53.4. The molecule has 0 heterocycles. The predicted octanol–water partition coefficient (Wildman–Crippen LogP) is 20.7. The average Bonchev–Trinajstić information content (AvgIpc) is 0.911. The molecule has 0 radical (unpaired) electrons. The van der Waals surface area contributed by atoms with Crippen molar-refractivity contribution in [3.05, 3.63) is 253 Å². The van der Waals surface area contributed by atoms with E-state index in [0.717, 1.165) is 110 Å². The van der Waals surface area contributed by atoms with Crippen LogP contribution in [0.25, 0.3) is 98.7 Å². The summed E-state index contributed by atoms with van der Waals surface area (Å²) in [5, 5.41) is 10.1. The highest BCUT2D eigenvalue weighted by Crippen LogP contribution is 2.47. The van der Waals surface area contributed by atoms with Gasteiger partial charge in [0.2, 0.25) is 0 Å². The number of rotatable bonds is 9. The van der Waals surface area contributed by atoms with E-state index >= 15 is 0 Å². The maximum absolute atomic E-state index is 11.4. The normalized spacial score (nSPS) is 12.1. The first-order chi connectivity index (χ1) is 39.8. The van der Waals surface area contributed by atoms with Crippen molar-refractivity contribution in [2.75, 3.05) is 0 Å². The van der Waals surface area contributed by atoms with E-state index in [1.54, 1.807) is 0 Å². The number of hydrogen-bond donors (Lipinski definition) is 0. The molecule has 0 aliphatic carbocycles. The third kappa shape index (κ3) is 9.89. The standard InChI is InChI=1S/C79H78N4Si/c1-45-34-53(35-46(2)70(45)76(82-80)74-64-30-22-18-26-60(64)72(61-27-19-23-31-65(61)74)68-49(5)38-57(39-50(68)6)78(9,10)11)55-42-56(44-59(43-55)84(15,16)17)54-36-47(3)71(48(4)37-54)77(83-81)75-66-32-24-20-28-62(66)73(63-29-21-25-33-67(63)75)69-51(7)40-58(41-52(69)8)79(12,13)14/h18-44H,1-17H3. The molecule has 0 aliphatic heterocycles. The zero-order valence-electron chi connectivity index (χ0n) is 52.4. The molecular weight excluding hydrogens is 1030 g/mol. The summed E-state index contributed by atoms with van der Waals surface area (Å²) in [4.78, 5) is 8.50. The van der Waals surface area contributed by atoms with Gasteiger partial charge in [0.25, 0.3) is 0 Å². The Hall–Kier alpha value is -8.56. The largest absolute Gasteiger partial charge is 0.361 e. The number of hydrogen-bond acceptors (Lipinski definition) is 0. The molecule has 418 valence electrons. The molecule has 11 aromatic carbocycles. The van der Waals surface area contributed by atoms with E-state index in [-0.39, 0.29) is 10.8 Å². The summed E-state index contributed by atoms with van der Waals surface area (Å²) >= 11 is 0. The maximum Gasteiger partial charge on any atom is 0.331 e. The van der Waals surface area contributed by atoms with E-state index < -0.39 is 8.07 Å². The summed E-state index contributed by atoms with van der Waals surface area (Å²) in [6.07, 6.45) is 0. The van der Waals surface area contributed by atoms with Gasteiger partial charge in [0, 0.05) is 0 Å². The third-order valence-electron chi connectivity index (χ3n) is 17.8. The van der Waals surface area contributed by atoms with Crippen LogP contribution in [-0.4, -0.2) is 29.1 Å². The molecule has 0 fully saturated rings. The minimum atomic E-state index is -1.88. The quantitative estimate of drug-likeness (QED) is 0.0454. The molecule has 0 saturated carbocycles. The van der Waals surface area contributed by atoms with Crippen LogP contribution in [0.4, 0.5) is 0 Å². The topological polar surface area (TPSA) is 72.8 Å². The highest BCUT2D eigenvalue weighted by atomic mass is 28.3. The highest BCUT2D eigenvalue weighted by Gasteiger charge is 2.32. The molecule has 0 aromatic heterocycles. The lowest BCUT2D eigenvalue weighted by Gasteiger charge is -2.24. The Bertz CT molecular complexity index is 4190. The van der Waals surface area contributed by atoms with Crippen molar-refractivity contribution < 1.29 is 9.58 Å². The van der Waals surface area contributed by atoms with Gasteiger partial charge in [-0.3, -0.25) is 0 Å². The predicted molar refractivity (Wildman–Crippen MR) is 363 cm³/mol. The molecule has 11 aromatic rings. The molecule has 5 heteroatoms. The van der Waals surface area contributed by atoms with Gasteiger partial charge in [-0.2, -0.15) is 9.58 Å². The Morgan fingerprint density at radius 1 is 0.310 bits per heavy atom. The SMILES string of the molecule is Cc1cc(-c2cc(-c3cc(C)c(C(=[N+]=[N-])c4c5ccccc5c(-c5c(C)cc(C(C)(C)C)cc5C)c5ccccc45)c(C)c3)cc([Si](C)(C)C)c2)cc(C)c1C(=[N+]=[N-])c1c2ccccc2c(-c2c(C)cc(C(C)(C)C)cc2C)c2ccccc12. The smallest absolute Gasteiger partial charge is 0.331 e. The van der Waals surface area contributed by atoms with Crippen LogP contribution in [0.3, 0.4) is 0 Å². The van der Waals surface area contributed by atoms with Crippen LogP contribution in [0, 0.1) is 55.4 Å². The molecule has 0 aliphatic rings. The second kappa shape index (κ2) is 21.3. The molecule has 0 spiro atoms. The van der Waals surface area contributed by atoms with Gasteiger partial charge in [-0.1, -0.05) is 224 Å². The molecule has 11 rings (SSSR count). The summed E-state index contributed by atoms with van der Waals surface area (Å²) in [5.74, 6) is 0. The molecule has 4 nitrogen and oxygen atoms in total. The van der Waals surface area contributed by atoms with Crippen LogP contribution in [0.2, 0.25) is 19.6 Å². The molecule has 0 N–H and O–H groups in total. The van der Waals surface area contributed by atoms with E-state index in [1.807, 2.05) is 0 Å². The van der Waals surface area contributed by atoms with E-state index in [4.69, 9.17) is 0 Å². The lowest BCUT2D eigenvalue weighted by molar-refractivity contribution is -0.00310. The zero-order chi connectivity index (χ0) is 60.1. The first kappa shape index (κ1) is 57.3. The van der Waals surface area contributed by atoms with Crippen LogP contribution < -0.4 is 5.19 Å². The summed E-state index contributed by atoms with van der Waals surface area (Å²) in [6.45, 7) is 38.5. The Morgan fingerprint density at radius 3 is 0.798 bits per heavy atom. The second-order valence-electron chi connectivity index (χ2n) is 27.1. The van der Waals surface area contributed by atoms with Crippen molar-refractivity contribution in [3.8, 4) is 44.5 Å². The Kier molecular flexibility index (Phi) is 14.5. The molecule has 0 unspecified atom stereocenters. The van der Waals surface area contributed by atoms with Crippen molar-refractivity contribution in [1.29, 1.82) is 0 Å². The van der Waals surface area contributed by atoms with Gasteiger partial charge in [0.05, 0.1) is 30.3 Å². The fourth-order valence-corrected chi connectivity index (χ4v) is 14.9. The van der Waals surface area contributed by atoms with Crippen molar-refractivity contribution in [2.24, 2.45) is 0 Å². The summed E-state index contributed by atoms with van der Waals surface area (Å²) in [6, 6.07) is 60.2. The first-order valence-electron chi connectivity index (χ1n) is 29.8. The van der Waals surface area contributed by atoms with Crippen LogP contribution >= 0.6 is 0 Å². The average molecular weight is 1110 g/mol. The fourth-order valence-electron chi connectivity index (χ4n) is 13.7. The van der Waals surface area contributed by atoms with Crippen molar-refractivity contribution in [2.45, 2.75) is 127 Å². The van der Waals surface area contributed by atoms with E-state index in [0.29, 0.717) is 11.4 Å². The van der Waals surface area contributed by atoms with Crippen LogP contribution in [0.1, 0.15) is 119 Å². The lowest BCUT2D eigenvalue weighted by Crippen LogP contribution is -2.37. The Labute approximate surface area is 499 Å². The minimum Gasteiger partial charge on any atom is -0.361 e. The van der Waals surface area contributed by atoms with Crippen molar-refractivity contribution in [1.82, 2.24) is 0 Å². The highest BCUT2D eigenvalue weighted by molar-refractivity contribution is 6.88. The summed E-state index contributed by atoms with van der Waals surface area (Å²) in [7, 11) is -1.88. The van der Waals surface area contributed by atoms with Gasteiger partial charge >= 0.3 is 11.4 Å². The van der Waals surface area contributed by atoms with E-state index in [9.17, 15) is 11.1 Å². The summed E-state index contributed by atoms with van der Waals surface area (Å²) < 4.78 is 0. The Balaban J connectivity index is 1.02. The number of nitrogens with zero attached hydrogens (tertiary/aromatic N) is 4. The summed E-state index contributed by atoms with van der Waals surface area (Å²) in [5.41, 5.74) is 48.8. The molecule has 84 heavy (non-hydrogen) atoms. The van der Waals surface area contributed by atoms with E-state index in [1.165, 1.54) is 60.8 Å². The van der Waals surface area contributed by atoms with Crippen LogP contribution in [0.5, 0.6) is 0 Å². The molecular formula is C79H78N4Si. The van der Waals surface area contributed by atoms with Crippen LogP contribution in [-0.2, 0) is 10.8 Å².